The molecule has 4 aromatic heterocycles. The van der Waals surface area contributed by atoms with Gasteiger partial charge < -0.3 is 9.13 Å². The van der Waals surface area contributed by atoms with Crippen molar-refractivity contribution < 1.29 is 26.3 Å². The van der Waals surface area contributed by atoms with Gasteiger partial charge in [0.25, 0.3) is 0 Å². The lowest BCUT2D eigenvalue weighted by Gasteiger charge is -2.21. The first-order valence-corrected chi connectivity index (χ1v) is 26.5. The number of alkyl halides is 6. The second-order valence-electron chi connectivity index (χ2n) is 20.0. The molecule has 14 aromatic rings. The van der Waals surface area contributed by atoms with Crippen LogP contribution in [0, 0.1) is 6.57 Å². The van der Waals surface area contributed by atoms with Crippen LogP contribution in [-0.4, -0.2) is 39.0 Å². The maximum absolute atomic E-state index is 15.3. The van der Waals surface area contributed by atoms with Crippen LogP contribution in [0.2, 0.25) is 0 Å². The molecule has 0 fully saturated rings. The summed E-state index contributed by atoms with van der Waals surface area (Å²) in [5.74, 6) is 2.67. The van der Waals surface area contributed by atoms with Crippen LogP contribution in [-0.2, 0) is 12.4 Å². The molecule has 4 heterocycles. The number of rotatable bonds is 9. The predicted octanol–water partition coefficient (Wildman–Crippen LogP) is 18.5. The molecule has 0 amide bonds. The fourth-order valence-corrected chi connectivity index (χ4v) is 11.0. The number of halogens is 6. The summed E-state index contributed by atoms with van der Waals surface area (Å²) in [6, 6.07) is 69.7. The number of hydrogen-bond acceptors (Lipinski definition) is 6. The largest absolute Gasteiger partial charge is 0.416 e. The predicted molar refractivity (Wildman–Crippen MR) is 316 cm³/mol. The lowest BCUT2D eigenvalue weighted by atomic mass is 9.94. The molecule has 0 saturated heterocycles. The molecule has 0 atom stereocenters. The van der Waals surface area contributed by atoms with Crippen molar-refractivity contribution in [1.82, 2.24) is 39.0 Å². The molecule has 14 rings (SSSR count). The summed E-state index contributed by atoms with van der Waals surface area (Å²) in [6.45, 7) is 8.60. The Balaban J connectivity index is 1.03. The van der Waals surface area contributed by atoms with Crippen LogP contribution in [0.5, 0.6) is 0 Å². The summed E-state index contributed by atoms with van der Waals surface area (Å²) in [6.07, 6.45) is -10.3. The molecule has 0 aliphatic rings. The van der Waals surface area contributed by atoms with Gasteiger partial charge in [-0.05, 0) is 83.9 Å². The Hall–Kier alpha value is -11.1. The van der Waals surface area contributed by atoms with Gasteiger partial charge in [-0.15, -0.1) is 0 Å². The smallest absolute Gasteiger partial charge is 0.308 e. The third kappa shape index (κ3) is 9.02. The molecular formula is C69H39F6N9. The fourth-order valence-electron chi connectivity index (χ4n) is 11.0. The van der Waals surface area contributed by atoms with Crippen molar-refractivity contribution in [3.8, 4) is 90.8 Å². The fraction of sp³-hybridized carbons (Fsp3) is 0.0290. The summed E-state index contributed by atoms with van der Waals surface area (Å²) in [5, 5.41) is 3.05. The van der Waals surface area contributed by atoms with E-state index in [9.17, 15) is 13.2 Å². The molecule has 0 radical (unpaired) electrons. The zero-order valence-corrected chi connectivity index (χ0v) is 43.8. The van der Waals surface area contributed by atoms with Crippen LogP contribution >= 0.6 is 0 Å². The van der Waals surface area contributed by atoms with Gasteiger partial charge in [0.2, 0.25) is 0 Å². The molecular weight excluding hydrogens is 1070 g/mol. The maximum atomic E-state index is 15.3. The van der Waals surface area contributed by atoms with Gasteiger partial charge in [0.05, 0.1) is 51.1 Å². The highest BCUT2D eigenvalue weighted by molar-refractivity contribution is 6.13. The van der Waals surface area contributed by atoms with E-state index in [1.54, 1.807) is 0 Å². The zero-order chi connectivity index (χ0) is 57.3. The first-order chi connectivity index (χ1) is 40.9. The van der Waals surface area contributed by atoms with E-state index in [2.05, 4.69) is 4.85 Å². The quantitative estimate of drug-likeness (QED) is 0.106. The third-order valence-corrected chi connectivity index (χ3v) is 14.9. The molecule has 0 aliphatic carbocycles. The average molecular weight is 1110 g/mol. The molecule has 9 nitrogen and oxygen atoms in total. The molecule has 402 valence electrons. The Morgan fingerprint density at radius 3 is 1.05 bits per heavy atom. The van der Waals surface area contributed by atoms with E-state index in [0.717, 1.165) is 49.9 Å². The lowest BCUT2D eigenvalue weighted by molar-refractivity contribution is -0.142. The topological polar surface area (TPSA) is 91.6 Å². The zero-order valence-electron chi connectivity index (χ0n) is 43.8. The van der Waals surface area contributed by atoms with Gasteiger partial charge in [0, 0.05) is 54.9 Å². The Labute approximate surface area is 475 Å². The number of para-hydroxylation sites is 2. The molecule has 0 saturated carbocycles. The summed E-state index contributed by atoms with van der Waals surface area (Å²) < 4.78 is 92.5. The van der Waals surface area contributed by atoms with Crippen molar-refractivity contribution in [2.45, 2.75) is 12.4 Å². The molecule has 0 spiro atoms. The Kier molecular flexibility index (Phi) is 12.3. The van der Waals surface area contributed by atoms with Crippen LogP contribution < -0.4 is 0 Å². The molecule has 0 aliphatic heterocycles. The SMILES string of the molecule is [C-]#[N+]c1cc(-n2c3ccccc3c3cc(-c4nc(-c5ccccc5)nc(-c5ccccc5)n4)ccc32)c(-n2c3ccccc3c3cc(-c4nc(-c5ccccc5)nc(-c5ccccc5)n4)ccc32)cc1-c1ccc(C(F)(F)F)cc1C(F)(F)F. The molecule has 84 heavy (non-hydrogen) atoms. The van der Waals surface area contributed by atoms with E-state index in [4.69, 9.17) is 36.5 Å². The van der Waals surface area contributed by atoms with Crippen LogP contribution in [0.3, 0.4) is 0 Å². The highest BCUT2D eigenvalue weighted by Gasteiger charge is 2.39. The van der Waals surface area contributed by atoms with Crippen molar-refractivity contribution >= 4 is 49.3 Å². The van der Waals surface area contributed by atoms with Crippen molar-refractivity contribution in [2.24, 2.45) is 0 Å². The van der Waals surface area contributed by atoms with Crippen LogP contribution in [0.25, 0.3) is 139 Å². The van der Waals surface area contributed by atoms with Gasteiger partial charge in [0.1, 0.15) is 0 Å². The highest BCUT2D eigenvalue weighted by Crippen LogP contribution is 2.48. The van der Waals surface area contributed by atoms with Crippen LogP contribution in [0.1, 0.15) is 11.1 Å². The first kappa shape index (κ1) is 51.1. The molecule has 0 unspecified atom stereocenters. The lowest BCUT2D eigenvalue weighted by Crippen LogP contribution is -2.12. The standard InChI is InChI=1S/C69H39F6N9/c1-76-55-40-61(84-57-29-17-15-27-50(57)53-37-46(31-35-59(53)84)67-81-64(43-22-10-4-11-23-43)78-65(82-67)44-24-12-5-13-25-44)60(39-51(55)48-33-32-47(68(70,71)72)38-54(48)69(73,74)75)83-56-28-16-14-26-49(56)52-36-45(30-34-58(52)83)66-79-62(41-18-6-2-7-19-41)77-63(80-66)42-20-8-3-9-21-42/h2-40H. The average Bonchev–Trinajstić information content (AvgIpc) is 2.77. The van der Waals surface area contributed by atoms with Crippen molar-refractivity contribution in [1.29, 1.82) is 0 Å². The second kappa shape index (κ2) is 20.2. The molecule has 0 N–H and O–H groups in total. The minimum Gasteiger partial charge on any atom is -0.308 e. The van der Waals surface area contributed by atoms with E-state index >= 15 is 13.2 Å². The van der Waals surface area contributed by atoms with Gasteiger partial charge >= 0.3 is 12.4 Å². The van der Waals surface area contributed by atoms with Crippen LogP contribution in [0.15, 0.2) is 237 Å². The summed E-state index contributed by atoms with van der Waals surface area (Å²) >= 11 is 0. The van der Waals surface area contributed by atoms with Gasteiger partial charge in [-0.1, -0.05) is 164 Å². The second-order valence-corrected chi connectivity index (χ2v) is 20.0. The van der Waals surface area contributed by atoms with E-state index < -0.39 is 29.0 Å². The number of fused-ring (bicyclic) bond motifs is 6. The molecule has 10 aromatic carbocycles. The van der Waals surface area contributed by atoms with Gasteiger partial charge in [-0.3, -0.25) is 0 Å². The Morgan fingerprint density at radius 1 is 0.310 bits per heavy atom. The first-order valence-electron chi connectivity index (χ1n) is 26.5. The van der Waals surface area contributed by atoms with E-state index in [-0.39, 0.29) is 17.3 Å². The number of benzene rings is 10. The summed E-state index contributed by atoms with van der Waals surface area (Å²) in [5.41, 5.74) is 3.75. The number of nitrogens with zero attached hydrogens (tertiary/aromatic N) is 9. The van der Waals surface area contributed by atoms with Crippen molar-refractivity contribution in [2.75, 3.05) is 0 Å². The number of aromatic nitrogens is 8. The van der Waals surface area contributed by atoms with E-state index in [1.807, 2.05) is 215 Å². The molecule has 0 bridgehead atoms. The van der Waals surface area contributed by atoms with Gasteiger partial charge in [-0.2, -0.15) is 26.3 Å². The molecule has 15 heteroatoms. The van der Waals surface area contributed by atoms with E-state index in [1.165, 1.54) is 12.1 Å². The van der Waals surface area contributed by atoms with Crippen molar-refractivity contribution in [3.05, 3.63) is 259 Å². The monoisotopic (exact) mass is 1110 g/mol. The normalized spacial score (nSPS) is 11.9. The summed E-state index contributed by atoms with van der Waals surface area (Å²) in [7, 11) is 0. The summed E-state index contributed by atoms with van der Waals surface area (Å²) in [4.78, 5) is 33.6. The Morgan fingerprint density at radius 2 is 0.667 bits per heavy atom. The van der Waals surface area contributed by atoms with Gasteiger partial charge in [-0.25, -0.2) is 34.7 Å². The van der Waals surface area contributed by atoms with Gasteiger partial charge in [0.15, 0.2) is 40.6 Å². The maximum Gasteiger partial charge on any atom is 0.416 e. The van der Waals surface area contributed by atoms with Crippen molar-refractivity contribution in [3.63, 3.8) is 0 Å². The number of hydrogen-bond donors (Lipinski definition) is 0. The van der Waals surface area contributed by atoms with Crippen LogP contribution in [0.4, 0.5) is 32.0 Å². The Bertz CT molecular complexity index is 4820. The highest BCUT2D eigenvalue weighted by atomic mass is 19.4. The van der Waals surface area contributed by atoms with E-state index in [0.29, 0.717) is 85.6 Å². The third-order valence-electron chi connectivity index (χ3n) is 14.9. The minimum atomic E-state index is -5.25. The minimum absolute atomic E-state index is 0.106.